The minimum absolute atomic E-state index is 0.234. The molecule has 5 heteroatoms. The molecule has 2 atom stereocenters. The lowest BCUT2D eigenvalue weighted by Gasteiger charge is -2.44. The molecule has 0 saturated carbocycles. The fourth-order valence-electron chi connectivity index (χ4n) is 7.35. The van der Waals surface area contributed by atoms with Crippen LogP contribution in [0.15, 0.2) is 12.2 Å². The number of quaternary nitrogens is 1. The topological polar surface area (TPSA) is 77.4 Å². The first-order valence-electron chi connectivity index (χ1n) is 21.0. The average molecular weight is 678 g/mol. The minimum Gasteiger partial charge on any atom is -0.550 e. The predicted molar refractivity (Wildman–Crippen MR) is 205 cm³/mol. The highest BCUT2D eigenvalue weighted by Crippen LogP contribution is 2.30. The molecule has 284 valence electrons. The zero-order valence-corrected chi connectivity index (χ0v) is 33.0. The van der Waals surface area contributed by atoms with E-state index in [0.717, 1.165) is 44.9 Å². The fraction of sp³-hybridized carbons (Fsp3) is 0.907. The Bertz CT molecular complexity index is 773. The number of allylic oxidation sites excluding steroid dienone is 2. The first-order chi connectivity index (χ1) is 23.1. The van der Waals surface area contributed by atoms with Gasteiger partial charge in [0.25, 0.3) is 0 Å². The average Bonchev–Trinajstić information content (AvgIpc) is 3.03. The molecule has 0 aromatic heterocycles. The Hall–Kier alpha value is -1.20. The zero-order valence-electron chi connectivity index (χ0n) is 33.0. The Morgan fingerprint density at radius 1 is 0.562 bits per heavy atom. The van der Waals surface area contributed by atoms with E-state index in [2.05, 4.69) is 26.0 Å². The molecule has 0 saturated heterocycles. The van der Waals surface area contributed by atoms with Crippen molar-refractivity contribution in [2.45, 2.75) is 231 Å². The monoisotopic (exact) mass is 678 g/mol. The highest BCUT2D eigenvalue weighted by atomic mass is 16.4. The number of Topliss-reactive ketones (excluding diaryl/α,β-unsaturated/α-hetero) is 1. The summed E-state index contributed by atoms with van der Waals surface area (Å²) < 4.78 is 0.362. The molecule has 0 spiro atoms. The maximum atomic E-state index is 13.4. The molecule has 48 heavy (non-hydrogen) atoms. The van der Waals surface area contributed by atoms with E-state index in [9.17, 15) is 19.8 Å². The van der Waals surface area contributed by atoms with Gasteiger partial charge in [0.15, 0.2) is 11.4 Å². The Balaban J connectivity index is 4.32. The van der Waals surface area contributed by atoms with Crippen molar-refractivity contribution in [1.82, 2.24) is 0 Å². The third-order valence-electron chi connectivity index (χ3n) is 10.4. The van der Waals surface area contributed by atoms with Crippen LogP contribution in [-0.2, 0) is 9.59 Å². The molecular formula is C43H83NO4. The van der Waals surface area contributed by atoms with Crippen molar-refractivity contribution >= 4 is 11.8 Å². The summed E-state index contributed by atoms with van der Waals surface area (Å²) in [5.74, 6) is -1.67. The number of rotatable bonds is 37. The number of hydrogen-bond donors (Lipinski definition) is 1. The summed E-state index contributed by atoms with van der Waals surface area (Å²) in [5, 5.41) is 23.4. The summed E-state index contributed by atoms with van der Waals surface area (Å²) in [6, 6.07) is -0.460. The van der Waals surface area contributed by atoms with E-state index >= 15 is 0 Å². The second kappa shape index (κ2) is 31.8. The predicted octanol–water partition coefficient (Wildman–Crippen LogP) is 11.2. The fourth-order valence-corrected chi connectivity index (χ4v) is 7.35. The number of likely N-dealkylation sites (N-methyl/N-ethyl adjacent to an activating group) is 1. The summed E-state index contributed by atoms with van der Waals surface area (Å²) in [5.41, 5.74) is -1.88. The quantitative estimate of drug-likeness (QED) is 0.0403. The van der Waals surface area contributed by atoms with Crippen LogP contribution >= 0.6 is 0 Å². The van der Waals surface area contributed by atoms with Crippen LogP contribution in [0.1, 0.15) is 219 Å². The molecule has 0 aromatic rings. The number of aliphatic carboxylic acids is 1. The molecule has 5 nitrogen and oxygen atoms in total. The van der Waals surface area contributed by atoms with Gasteiger partial charge in [-0.25, -0.2) is 0 Å². The van der Waals surface area contributed by atoms with Crippen LogP contribution < -0.4 is 5.11 Å². The van der Waals surface area contributed by atoms with Gasteiger partial charge in [-0.1, -0.05) is 174 Å². The van der Waals surface area contributed by atoms with Gasteiger partial charge in [-0.2, -0.15) is 0 Å². The van der Waals surface area contributed by atoms with Crippen LogP contribution in [0.25, 0.3) is 0 Å². The van der Waals surface area contributed by atoms with Gasteiger partial charge < -0.3 is 19.5 Å². The molecule has 0 heterocycles. The molecular weight excluding hydrogens is 594 g/mol. The SMILES string of the molecule is CCCCCCCC/C=C\CCCCCCCC(=O)C(O)(CC(=O)[O-])C(CCCCCCCCCCCCCCCCCC)[N+](C)(C)C. The van der Waals surface area contributed by atoms with Gasteiger partial charge in [-0.05, 0) is 38.5 Å². The number of carbonyl (C=O) groups excluding carboxylic acids is 2. The van der Waals surface area contributed by atoms with Gasteiger partial charge >= 0.3 is 0 Å². The molecule has 2 unspecified atom stereocenters. The van der Waals surface area contributed by atoms with Crippen molar-refractivity contribution < 1.29 is 24.3 Å². The van der Waals surface area contributed by atoms with Crippen LogP contribution in [0.4, 0.5) is 0 Å². The van der Waals surface area contributed by atoms with Crippen LogP contribution in [0, 0.1) is 0 Å². The number of aliphatic hydroxyl groups is 1. The van der Waals surface area contributed by atoms with Gasteiger partial charge in [0, 0.05) is 25.2 Å². The Morgan fingerprint density at radius 2 is 0.896 bits per heavy atom. The van der Waals surface area contributed by atoms with E-state index < -0.39 is 24.0 Å². The van der Waals surface area contributed by atoms with E-state index in [1.165, 1.54) is 135 Å². The third-order valence-corrected chi connectivity index (χ3v) is 10.4. The molecule has 0 rings (SSSR count). The summed E-state index contributed by atoms with van der Waals surface area (Å²) in [6.45, 7) is 4.53. The minimum atomic E-state index is -1.88. The summed E-state index contributed by atoms with van der Waals surface area (Å²) in [6.07, 6.45) is 41.0. The lowest BCUT2D eigenvalue weighted by molar-refractivity contribution is -0.902. The number of hydrogen-bond acceptors (Lipinski definition) is 4. The van der Waals surface area contributed by atoms with Crippen molar-refractivity contribution in [1.29, 1.82) is 0 Å². The third kappa shape index (κ3) is 26.6. The molecule has 0 aliphatic carbocycles. The molecule has 0 bridgehead atoms. The molecule has 0 fully saturated rings. The van der Waals surface area contributed by atoms with Crippen LogP contribution in [0.2, 0.25) is 0 Å². The second-order valence-corrected chi connectivity index (χ2v) is 16.0. The van der Waals surface area contributed by atoms with E-state index in [4.69, 9.17) is 0 Å². The summed E-state index contributed by atoms with van der Waals surface area (Å²) in [4.78, 5) is 25.2. The van der Waals surface area contributed by atoms with Gasteiger partial charge in [0.05, 0.1) is 21.1 Å². The van der Waals surface area contributed by atoms with Crippen molar-refractivity contribution in [3.8, 4) is 0 Å². The van der Waals surface area contributed by atoms with Gasteiger partial charge in [0.1, 0.15) is 6.04 Å². The molecule has 0 amide bonds. The normalized spacial score (nSPS) is 14.0. The van der Waals surface area contributed by atoms with Gasteiger partial charge in [-0.15, -0.1) is 0 Å². The van der Waals surface area contributed by atoms with E-state index in [1.807, 2.05) is 21.1 Å². The molecule has 0 aliphatic heterocycles. The smallest absolute Gasteiger partial charge is 0.179 e. The highest BCUT2D eigenvalue weighted by molar-refractivity contribution is 5.91. The Labute approximate surface area is 299 Å². The zero-order chi connectivity index (χ0) is 35.8. The number of unbranched alkanes of at least 4 members (excludes halogenated alkanes) is 26. The molecule has 0 aliphatic rings. The first-order valence-corrected chi connectivity index (χ1v) is 21.0. The number of carboxylic acid groups (broad SMARTS) is 1. The van der Waals surface area contributed by atoms with E-state index in [0.29, 0.717) is 17.3 Å². The van der Waals surface area contributed by atoms with E-state index in [-0.39, 0.29) is 12.2 Å². The standard InChI is InChI=1S/C43H83NO4/c1-6-8-10-12-14-16-18-20-22-24-25-27-29-31-33-35-37-40(44(3,4)5)43(48,39-42(46)47)41(45)38-36-34-32-30-28-26-23-21-19-17-15-13-11-9-7-2/h21,23,40,48H,6-20,22,24-39H2,1-5H3/b23-21-. The molecule has 0 radical (unpaired) electrons. The number of ketones is 1. The van der Waals surface area contributed by atoms with Crippen molar-refractivity contribution in [2.24, 2.45) is 0 Å². The molecule has 1 N–H and O–H groups in total. The second-order valence-electron chi connectivity index (χ2n) is 16.0. The largest absolute Gasteiger partial charge is 0.550 e. The number of carbonyl (C=O) groups is 2. The molecule has 0 aromatic carbocycles. The maximum Gasteiger partial charge on any atom is 0.179 e. The van der Waals surface area contributed by atoms with Crippen LogP contribution in [-0.4, -0.2) is 54.1 Å². The van der Waals surface area contributed by atoms with Crippen molar-refractivity contribution in [2.75, 3.05) is 21.1 Å². The lowest BCUT2D eigenvalue weighted by atomic mass is 9.80. The maximum absolute atomic E-state index is 13.4. The lowest BCUT2D eigenvalue weighted by Crippen LogP contribution is -2.63. The summed E-state index contributed by atoms with van der Waals surface area (Å²) >= 11 is 0. The van der Waals surface area contributed by atoms with Crippen molar-refractivity contribution in [3.63, 3.8) is 0 Å². The van der Waals surface area contributed by atoms with Crippen LogP contribution in [0.5, 0.6) is 0 Å². The van der Waals surface area contributed by atoms with Gasteiger partial charge in [0.2, 0.25) is 0 Å². The Morgan fingerprint density at radius 3 is 1.25 bits per heavy atom. The number of nitrogens with zero attached hydrogens (tertiary/aromatic N) is 1. The number of carboxylic acids is 1. The van der Waals surface area contributed by atoms with Gasteiger partial charge in [-0.3, -0.25) is 4.79 Å². The van der Waals surface area contributed by atoms with E-state index in [1.54, 1.807) is 0 Å². The summed E-state index contributed by atoms with van der Waals surface area (Å²) in [7, 11) is 5.89. The van der Waals surface area contributed by atoms with Crippen LogP contribution in [0.3, 0.4) is 0 Å². The first kappa shape index (κ1) is 46.8. The highest BCUT2D eigenvalue weighted by Gasteiger charge is 2.49. The Kier molecular flexibility index (Phi) is 31.0. The van der Waals surface area contributed by atoms with Crippen molar-refractivity contribution in [3.05, 3.63) is 12.2 Å².